The molecule has 2 aromatic carbocycles. The summed E-state index contributed by atoms with van der Waals surface area (Å²) >= 11 is 3.12. The van der Waals surface area contributed by atoms with Gasteiger partial charge in [0.1, 0.15) is 16.5 Å². The van der Waals surface area contributed by atoms with E-state index in [1.165, 1.54) is 38.3 Å². The fraction of sp³-hybridized carbons (Fsp3) is 0.158. The molecule has 0 aliphatic heterocycles. The van der Waals surface area contributed by atoms with E-state index in [9.17, 15) is 17.6 Å². The number of methoxy groups -OCH3 is 1. The molecule has 0 aliphatic rings. The normalized spacial score (nSPS) is 11.2. The number of nitrogens with zero attached hydrogens (tertiary/aromatic N) is 1. The van der Waals surface area contributed by atoms with Gasteiger partial charge < -0.3 is 9.26 Å². The molecule has 0 radical (unpaired) electrons. The number of amides is 1. The number of ether oxygens (including phenoxy) is 1. The Labute approximate surface area is 180 Å². The molecule has 30 heavy (non-hydrogen) atoms. The van der Waals surface area contributed by atoms with Gasteiger partial charge in [0.15, 0.2) is 0 Å². The molecule has 11 heteroatoms. The van der Waals surface area contributed by atoms with Crippen LogP contribution in [0.3, 0.4) is 0 Å². The van der Waals surface area contributed by atoms with Gasteiger partial charge >= 0.3 is 0 Å². The quantitative estimate of drug-likeness (QED) is 0.524. The summed E-state index contributed by atoms with van der Waals surface area (Å²) in [5.41, 5.74) is 1.05. The van der Waals surface area contributed by atoms with Gasteiger partial charge in [-0.15, -0.1) is 0 Å². The van der Waals surface area contributed by atoms with Crippen LogP contribution >= 0.6 is 15.9 Å². The van der Waals surface area contributed by atoms with Crippen LogP contribution in [0, 0.1) is 12.7 Å². The molecule has 0 atom stereocenters. The van der Waals surface area contributed by atoms with Crippen LogP contribution in [0.15, 0.2) is 50.3 Å². The second kappa shape index (κ2) is 8.44. The zero-order valence-corrected chi connectivity index (χ0v) is 18.5. The Morgan fingerprint density at radius 3 is 2.60 bits per heavy atom. The number of aryl methyl sites for hydroxylation is 1. The molecule has 0 unspecified atom stereocenters. The molecular formula is C19H17BrFN3O5S. The first kappa shape index (κ1) is 21.8. The van der Waals surface area contributed by atoms with Gasteiger partial charge in [-0.05, 0) is 42.8 Å². The average molecular weight is 498 g/mol. The molecular weight excluding hydrogens is 481 g/mol. The maximum absolute atomic E-state index is 14.2. The highest BCUT2D eigenvalue weighted by molar-refractivity contribution is 9.10. The van der Waals surface area contributed by atoms with Crippen molar-refractivity contribution in [1.29, 1.82) is 0 Å². The van der Waals surface area contributed by atoms with Crippen LogP contribution in [0.2, 0.25) is 0 Å². The topological polar surface area (TPSA) is 111 Å². The van der Waals surface area contributed by atoms with Crippen molar-refractivity contribution in [3.8, 4) is 16.9 Å². The van der Waals surface area contributed by atoms with E-state index in [1.807, 2.05) is 0 Å². The van der Waals surface area contributed by atoms with E-state index in [1.54, 1.807) is 13.0 Å². The Balaban J connectivity index is 2.09. The van der Waals surface area contributed by atoms with Gasteiger partial charge in [-0.3, -0.25) is 14.8 Å². The summed E-state index contributed by atoms with van der Waals surface area (Å²) in [6.45, 7) is 2.96. The number of hydrogen-bond acceptors (Lipinski definition) is 6. The van der Waals surface area contributed by atoms with E-state index in [-0.39, 0.29) is 28.1 Å². The molecule has 1 aromatic heterocycles. The van der Waals surface area contributed by atoms with Crippen molar-refractivity contribution in [3.63, 3.8) is 0 Å². The summed E-state index contributed by atoms with van der Waals surface area (Å²) in [6, 6.07) is 8.34. The summed E-state index contributed by atoms with van der Waals surface area (Å²) in [7, 11) is -2.90. The van der Waals surface area contributed by atoms with Gasteiger partial charge in [0.2, 0.25) is 11.8 Å². The summed E-state index contributed by atoms with van der Waals surface area (Å²) in [5, 5.41) is 6.34. The highest BCUT2D eigenvalue weighted by Crippen LogP contribution is 2.36. The van der Waals surface area contributed by atoms with Gasteiger partial charge in [-0.1, -0.05) is 27.2 Å². The number of rotatable bonds is 6. The second-order valence-corrected chi connectivity index (χ2v) is 8.82. The molecule has 0 saturated carbocycles. The van der Waals surface area contributed by atoms with E-state index >= 15 is 0 Å². The highest BCUT2D eigenvalue weighted by Gasteiger charge is 2.24. The van der Waals surface area contributed by atoms with Gasteiger partial charge in [0.05, 0.1) is 24.1 Å². The first-order valence-electron chi connectivity index (χ1n) is 8.52. The lowest BCUT2D eigenvalue weighted by Gasteiger charge is -2.14. The maximum atomic E-state index is 14.2. The fourth-order valence-corrected chi connectivity index (χ4v) is 4.37. The number of hydrogen-bond donors (Lipinski definition) is 2. The number of anilines is 2. The molecule has 0 fully saturated rings. The summed E-state index contributed by atoms with van der Waals surface area (Å²) in [6.07, 6.45) is 0. The summed E-state index contributed by atoms with van der Waals surface area (Å²) < 4.78 is 53.2. The van der Waals surface area contributed by atoms with E-state index in [2.05, 4.69) is 31.1 Å². The standard InChI is InChI=1S/C19H17BrFN3O5S/c1-10-18(19(29-23-10)22-11(2)25)12-4-7-16(28-3)17(8-12)30(26,27)24-15-6-5-13(20)9-14(15)21/h4-9,24H,1-3H3,(H,22,25). The molecule has 3 rings (SSSR count). The number of sulfonamides is 1. The minimum atomic E-state index is -4.22. The van der Waals surface area contributed by atoms with Crippen molar-refractivity contribution in [3.05, 3.63) is 52.4 Å². The third kappa shape index (κ3) is 4.46. The van der Waals surface area contributed by atoms with Crippen molar-refractivity contribution < 1.29 is 26.9 Å². The summed E-state index contributed by atoms with van der Waals surface area (Å²) in [5.74, 6) is -0.980. The molecule has 0 bridgehead atoms. The van der Waals surface area contributed by atoms with Crippen molar-refractivity contribution in [2.45, 2.75) is 18.7 Å². The zero-order valence-electron chi connectivity index (χ0n) is 16.1. The number of benzene rings is 2. The number of carbonyl (C=O) groups is 1. The van der Waals surface area contributed by atoms with Crippen LogP contribution in [0.5, 0.6) is 5.75 Å². The van der Waals surface area contributed by atoms with E-state index in [0.717, 1.165) is 6.07 Å². The molecule has 8 nitrogen and oxygen atoms in total. The summed E-state index contributed by atoms with van der Waals surface area (Å²) in [4.78, 5) is 11.2. The van der Waals surface area contributed by atoms with Crippen LogP contribution in [0.4, 0.5) is 16.0 Å². The van der Waals surface area contributed by atoms with E-state index in [4.69, 9.17) is 9.26 Å². The van der Waals surface area contributed by atoms with Crippen LogP contribution in [-0.4, -0.2) is 26.6 Å². The molecule has 0 aliphatic carbocycles. The van der Waals surface area contributed by atoms with Crippen LogP contribution in [-0.2, 0) is 14.8 Å². The van der Waals surface area contributed by atoms with Crippen molar-refractivity contribution >= 4 is 43.4 Å². The molecule has 1 amide bonds. The van der Waals surface area contributed by atoms with E-state index in [0.29, 0.717) is 21.3 Å². The lowest BCUT2D eigenvalue weighted by Crippen LogP contribution is -2.15. The minimum absolute atomic E-state index is 0.0546. The Hall–Kier alpha value is -2.92. The Bertz CT molecular complexity index is 1230. The minimum Gasteiger partial charge on any atom is -0.495 e. The predicted octanol–water partition coefficient (Wildman–Crippen LogP) is 4.32. The molecule has 0 saturated heterocycles. The largest absolute Gasteiger partial charge is 0.495 e. The first-order valence-corrected chi connectivity index (χ1v) is 10.8. The number of aromatic nitrogens is 1. The van der Waals surface area contributed by atoms with Crippen molar-refractivity contribution in [2.24, 2.45) is 0 Å². The Kier molecular flexibility index (Phi) is 6.13. The third-order valence-corrected chi connectivity index (χ3v) is 5.95. The van der Waals surface area contributed by atoms with Crippen LogP contribution < -0.4 is 14.8 Å². The Morgan fingerprint density at radius 2 is 1.97 bits per heavy atom. The zero-order chi connectivity index (χ0) is 22.1. The predicted molar refractivity (Wildman–Crippen MR) is 112 cm³/mol. The monoisotopic (exact) mass is 497 g/mol. The SMILES string of the molecule is COc1ccc(-c2c(C)noc2NC(C)=O)cc1S(=O)(=O)Nc1ccc(Br)cc1F. The fourth-order valence-electron chi connectivity index (χ4n) is 2.77. The molecule has 158 valence electrons. The lowest BCUT2D eigenvalue weighted by molar-refractivity contribution is -0.114. The molecule has 1 heterocycles. The Morgan fingerprint density at radius 1 is 1.23 bits per heavy atom. The number of halogens is 2. The second-order valence-electron chi connectivity index (χ2n) is 6.25. The van der Waals surface area contributed by atoms with Gasteiger partial charge in [-0.2, -0.15) is 0 Å². The van der Waals surface area contributed by atoms with Crippen molar-refractivity contribution in [2.75, 3.05) is 17.1 Å². The van der Waals surface area contributed by atoms with Gasteiger partial charge in [0.25, 0.3) is 10.0 Å². The van der Waals surface area contributed by atoms with Crippen LogP contribution in [0.25, 0.3) is 11.1 Å². The smallest absolute Gasteiger partial charge is 0.265 e. The average Bonchev–Trinajstić information content (AvgIpc) is 3.03. The maximum Gasteiger partial charge on any atom is 0.265 e. The lowest BCUT2D eigenvalue weighted by atomic mass is 10.1. The number of nitrogens with one attached hydrogen (secondary N) is 2. The molecule has 0 spiro atoms. The third-order valence-electron chi connectivity index (χ3n) is 4.07. The molecule has 2 N–H and O–H groups in total. The van der Waals surface area contributed by atoms with Crippen molar-refractivity contribution in [1.82, 2.24) is 5.16 Å². The van der Waals surface area contributed by atoms with Gasteiger partial charge in [0, 0.05) is 11.4 Å². The number of carbonyl (C=O) groups excluding carboxylic acids is 1. The highest BCUT2D eigenvalue weighted by atomic mass is 79.9. The van der Waals surface area contributed by atoms with E-state index < -0.39 is 15.8 Å². The van der Waals surface area contributed by atoms with Crippen LogP contribution in [0.1, 0.15) is 12.6 Å². The molecule has 3 aromatic rings. The van der Waals surface area contributed by atoms with Gasteiger partial charge in [-0.25, -0.2) is 12.8 Å². The first-order chi connectivity index (χ1) is 14.1.